The molecule has 0 atom stereocenters. The molecule has 0 spiro atoms. The summed E-state index contributed by atoms with van der Waals surface area (Å²) in [4.78, 5) is 10.9. The van der Waals surface area contributed by atoms with Crippen molar-refractivity contribution >= 4 is 21.8 Å². The number of nitrogens with two attached hydrogens (primary N) is 1. The number of carbonyl (C=O) groups is 1. The fourth-order valence-corrected chi connectivity index (χ4v) is 1.50. The van der Waals surface area contributed by atoms with Gasteiger partial charge in [0.2, 0.25) is 5.91 Å². The fraction of sp³-hybridized carbons (Fsp3) is 0.222. The SMILES string of the molecule is CCc1cc(Br)ccc1C(N)=O. The van der Waals surface area contributed by atoms with Crippen LogP contribution < -0.4 is 5.73 Å². The Morgan fingerprint density at radius 1 is 1.58 bits per heavy atom. The topological polar surface area (TPSA) is 43.1 Å². The lowest BCUT2D eigenvalue weighted by molar-refractivity contribution is 0.0999. The van der Waals surface area contributed by atoms with Crippen LogP contribution >= 0.6 is 15.9 Å². The summed E-state index contributed by atoms with van der Waals surface area (Å²) in [6.45, 7) is 1.99. The predicted octanol–water partition coefficient (Wildman–Crippen LogP) is 2.11. The second kappa shape index (κ2) is 3.72. The van der Waals surface area contributed by atoms with E-state index in [1.165, 1.54) is 0 Å². The van der Waals surface area contributed by atoms with E-state index in [9.17, 15) is 4.79 Å². The van der Waals surface area contributed by atoms with E-state index in [0.29, 0.717) is 5.56 Å². The highest BCUT2D eigenvalue weighted by Gasteiger charge is 2.05. The van der Waals surface area contributed by atoms with Crippen LogP contribution in [0.2, 0.25) is 0 Å². The number of primary amides is 1. The number of rotatable bonds is 2. The third kappa shape index (κ3) is 1.85. The first-order chi connectivity index (χ1) is 5.65. The molecule has 0 saturated carbocycles. The molecule has 0 fully saturated rings. The van der Waals surface area contributed by atoms with E-state index < -0.39 is 0 Å². The van der Waals surface area contributed by atoms with E-state index in [1.807, 2.05) is 19.1 Å². The summed E-state index contributed by atoms with van der Waals surface area (Å²) in [6, 6.07) is 5.48. The lowest BCUT2D eigenvalue weighted by Crippen LogP contribution is -2.13. The summed E-state index contributed by atoms with van der Waals surface area (Å²) in [5, 5.41) is 0. The number of carbonyl (C=O) groups excluding carboxylic acids is 1. The largest absolute Gasteiger partial charge is 0.366 e. The minimum Gasteiger partial charge on any atom is -0.366 e. The Labute approximate surface area is 79.9 Å². The van der Waals surface area contributed by atoms with Gasteiger partial charge < -0.3 is 5.73 Å². The molecule has 2 N–H and O–H groups in total. The van der Waals surface area contributed by atoms with Gasteiger partial charge in [-0.25, -0.2) is 0 Å². The van der Waals surface area contributed by atoms with Crippen molar-refractivity contribution in [2.75, 3.05) is 0 Å². The van der Waals surface area contributed by atoms with Crippen molar-refractivity contribution in [3.63, 3.8) is 0 Å². The molecule has 0 unspecified atom stereocenters. The van der Waals surface area contributed by atoms with Crippen LogP contribution in [0.3, 0.4) is 0 Å². The molecule has 0 saturated heterocycles. The molecule has 1 aromatic rings. The van der Waals surface area contributed by atoms with E-state index in [1.54, 1.807) is 6.07 Å². The van der Waals surface area contributed by atoms with Gasteiger partial charge in [-0.3, -0.25) is 4.79 Å². The van der Waals surface area contributed by atoms with Gasteiger partial charge in [-0.05, 0) is 30.2 Å². The highest BCUT2D eigenvalue weighted by atomic mass is 79.9. The van der Waals surface area contributed by atoms with Gasteiger partial charge >= 0.3 is 0 Å². The Morgan fingerprint density at radius 2 is 2.25 bits per heavy atom. The molecule has 12 heavy (non-hydrogen) atoms. The maximum Gasteiger partial charge on any atom is 0.248 e. The number of hydrogen-bond acceptors (Lipinski definition) is 1. The van der Waals surface area contributed by atoms with Gasteiger partial charge in [-0.2, -0.15) is 0 Å². The van der Waals surface area contributed by atoms with Crippen LogP contribution in [0.25, 0.3) is 0 Å². The maximum absolute atomic E-state index is 10.9. The number of amides is 1. The summed E-state index contributed by atoms with van der Waals surface area (Å²) in [5.41, 5.74) is 6.78. The molecule has 0 aliphatic heterocycles. The Balaban J connectivity index is 3.20. The molecule has 64 valence electrons. The summed E-state index contributed by atoms with van der Waals surface area (Å²) in [5.74, 6) is -0.362. The Kier molecular flexibility index (Phi) is 2.87. The van der Waals surface area contributed by atoms with Crippen LogP contribution in [0.5, 0.6) is 0 Å². The standard InChI is InChI=1S/C9H10BrNO/c1-2-6-5-7(10)3-4-8(6)9(11)12/h3-5H,2H2,1H3,(H2,11,12). The smallest absolute Gasteiger partial charge is 0.248 e. The number of hydrogen-bond donors (Lipinski definition) is 1. The minimum absolute atomic E-state index is 0.362. The van der Waals surface area contributed by atoms with Crippen molar-refractivity contribution in [2.45, 2.75) is 13.3 Å². The van der Waals surface area contributed by atoms with Crippen molar-refractivity contribution in [2.24, 2.45) is 5.73 Å². The fourth-order valence-electron chi connectivity index (χ4n) is 1.10. The highest BCUT2D eigenvalue weighted by Crippen LogP contribution is 2.16. The van der Waals surface area contributed by atoms with Crippen molar-refractivity contribution in [1.29, 1.82) is 0 Å². The van der Waals surface area contributed by atoms with Crippen molar-refractivity contribution in [1.82, 2.24) is 0 Å². The van der Waals surface area contributed by atoms with Crippen molar-refractivity contribution in [3.05, 3.63) is 33.8 Å². The zero-order chi connectivity index (χ0) is 9.14. The summed E-state index contributed by atoms with van der Waals surface area (Å²) >= 11 is 3.33. The van der Waals surface area contributed by atoms with E-state index >= 15 is 0 Å². The second-order valence-electron chi connectivity index (χ2n) is 2.52. The first kappa shape index (κ1) is 9.26. The number of benzene rings is 1. The molecule has 0 radical (unpaired) electrons. The van der Waals surface area contributed by atoms with Gasteiger partial charge in [-0.1, -0.05) is 22.9 Å². The first-order valence-electron chi connectivity index (χ1n) is 3.73. The average molecular weight is 228 g/mol. The van der Waals surface area contributed by atoms with Gasteiger partial charge in [-0.15, -0.1) is 0 Å². The Hall–Kier alpha value is -0.830. The van der Waals surface area contributed by atoms with Crippen LogP contribution in [0, 0.1) is 0 Å². The zero-order valence-electron chi connectivity index (χ0n) is 6.80. The van der Waals surface area contributed by atoms with E-state index in [4.69, 9.17) is 5.73 Å². The first-order valence-corrected chi connectivity index (χ1v) is 4.52. The van der Waals surface area contributed by atoms with Crippen LogP contribution in [-0.2, 0) is 6.42 Å². The summed E-state index contributed by atoms with van der Waals surface area (Å²) in [7, 11) is 0. The Bertz CT molecular complexity index is 309. The molecule has 1 amide bonds. The number of aryl methyl sites for hydroxylation is 1. The van der Waals surface area contributed by atoms with Gasteiger partial charge in [0.25, 0.3) is 0 Å². The summed E-state index contributed by atoms with van der Waals surface area (Å²) in [6.07, 6.45) is 0.817. The lowest BCUT2D eigenvalue weighted by atomic mass is 10.1. The van der Waals surface area contributed by atoms with E-state index in [2.05, 4.69) is 15.9 Å². The van der Waals surface area contributed by atoms with Gasteiger partial charge in [0.05, 0.1) is 0 Å². The van der Waals surface area contributed by atoms with Crippen LogP contribution in [-0.4, -0.2) is 5.91 Å². The molecule has 0 aliphatic rings. The lowest BCUT2D eigenvalue weighted by Gasteiger charge is -2.03. The van der Waals surface area contributed by atoms with Crippen LogP contribution in [0.15, 0.2) is 22.7 Å². The normalized spacial score (nSPS) is 9.83. The molecular formula is C9H10BrNO. The number of halogens is 1. The monoisotopic (exact) mass is 227 g/mol. The van der Waals surface area contributed by atoms with Gasteiger partial charge in [0, 0.05) is 10.0 Å². The molecule has 0 heterocycles. The average Bonchev–Trinajstić information content (AvgIpc) is 2.03. The molecule has 0 bridgehead atoms. The van der Waals surface area contributed by atoms with E-state index in [0.717, 1.165) is 16.5 Å². The third-order valence-electron chi connectivity index (χ3n) is 1.71. The van der Waals surface area contributed by atoms with Crippen molar-refractivity contribution < 1.29 is 4.79 Å². The van der Waals surface area contributed by atoms with E-state index in [-0.39, 0.29) is 5.91 Å². The quantitative estimate of drug-likeness (QED) is 0.827. The minimum atomic E-state index is -0.362. The molecule has 1 rings (SSSR count). The van der Waals surface area contributed by atoms with Crippen LogP contribution in [0.1, 0.15) is 22.8 Å². The Morgan fingerprint density at radius 3 is 2.75 bits per heavy atom. The molecule has 3 heteroatoms. The molecule has 1 aromatic carbocycles. The van der Waals surface area contributed by atoms with Gasteiger partial charge in [0.15, 0.2) is 0 Å². The molecule has 2 nitrogen and oxygen atoms in total. The second-order valence-corrected chi connectivity index (χ2v) is 3.43. The van der Waals surface area contributed by atoms with Crippen LogP contribution in [0.4, 0.5) is 0 Å². The maximum atomic E-state index is 10.9. The zero-order valence-corrected chi connectivity index (χ0v) is 8.39. The molecule has 0 aromatic heterocycles. The highest BCUT2D eigenvalue weighted by molar-refractivity contribution is 9.10. The summed E-state index contributed by atoms with van der Waals surface area (Å²) < 4.78 is 0.976. The molecular weight excluding hydrogens is 218 g/mol. The van der Waals surface area contributed by atoms with Crippen molar-refractivity contribution in [3.8, 4) is 0 Å². The molecule has 0 aliphatic carbocycles. The third-order valence-corrected chi connectivity index (χ3v) is 2.21. The predicted molar refractivity (Wildman–Crippen MR) is 52.0 cm³/mol. The van der Waals surface area contributed by atoms with Gasteiger partial charge in [0.1, 0.15) is 0 Å².